The zero-order valence-corrected chi connectivity index (χ0v) is 19.4. The number of anilines is 2. The minimum Gasteiger partial charge on any atom is -0.372 e. The maximum absolute atomic E-state index is 13.2. The molecule has 1 aromatic heterocycles. The molecule has 3 aliphatic heterocycles. The molecule has 0 radical (unpaired) electrons. The number of pyridine rings is 1. The Hall–Kier alpha value is -4.32. The van der Waals surface area contributed by atoms with Gasteiger partial charge in [0.15, 0.2) is 0 Å². The number of amides is 5. The molecule has 0 aliphatic carbocycles. The van der Waals surface area contributed by atoms with Gasteiger partial charge in [-0.15, -0.1) is 0 Å². The van der Waals surface area contributed by atoms with Crippen LogP contribution in [0.3, 0.4) is 0 Å². The van der Waals surface area contributed by atoms with E-state index in [2.05, 4.69) is 25.4 Å². The van der Waals surface area contributed by atoms with Gasteiger partial charge in [-0.3, -0.25) is 39.1 Å². The van der Waals surface area contributed by atoms with Crippen molar-refractivity contribution in [1.82, 2.24) is 20.1 Å². The highest BCUT2D eigenvalue weighted by molar-refractivity contribution is 6.25. The van der Waals surface area contributed by atoms with Crippen molar-refractivity contribution in [2.24, 2.45) is 5.73 Å². The maximum atomic E-state index is 13.2. The molecule has 5 rings (SSSR count). The molecule has 1 unspecified atom stereocenters. The van der Waals surface area contributed by atoms with Crippen molar-refractivity contribution in [2.45, 2.75) is 18.9 Å². The van der Waals surface area contributed by atoms with E-state index in [1.54, 1.807) is 30.3 Å². The third kappa shape index (κ3) is 4.26. The summed E-state index contributed by atoms with van der Waals surface area (Å²) in [6, 6.07) is 7.44. The van der Waals surface area contributed by atoms with Crippen molar-refractivity contribution in [2.75, 3.05) is 43.1 Å². The van der Waals surface area contributed by atoms with Crippen LogP contribution in [0.2, 0.25) is 0 Å². The number of hydrogen-bond donors (Lipinski definition) is 3. The molecule has 0 saturated carbocycles. The van der Waals surface area contributed by atoms with Crippen molar-refractivity contribution in [1.29, 1.82) is 0 Å². The van der Waals surface area contributed by atoms with Gasteiger partial charge in [0.25, 0.3) is 11.8 Å². The van der Waals surface area contributed by atoms with Gasteiger partial charge in [0.05, 0.1) is 23.4 Å². The van der Waals surface area contributed by atoms with Crippen LogP contribution >= 0.6 is 0 Å². The molecule has 4 N–H and O–H groups in total. The molecule has 12 heteroatoms. The van der Waals surface area contributed by atoms with Gasteiger partial charge >= 0.3 is 0 Å². The van der Waals surface area contributed by atoms with E-state index in [4.69, 9.17) is 5.73 Å². The van der Waals surface area contributed by atoms with Crippen LogP contribution in [0.4, 0.5) is 11.5 Å². The first-order chi connectivity index (χ1) is 17.3. The summed E-state index contributed by atoms with van der Waals surface area (Å²) in [5.41, 5.74) is 6.63. The molecule has 5 amide bonds. The Kier molecular flexibility index (Phi) is 6.10. The monoisotopic (exact) mass is 491 g/mol. The maximum Gasteiger partial charge on any atom is 0.264 e. The van der Waals surface area contributed by atoms with E-state index in [9.17, 15) is 24.0 Å². The Morgan fingerprint density at radius 3 is 2.50 bits per heavy atom. The fourth-order valence-electron chi connectivity index (χ4n) is 4.71. The van der Waals surface area contributed by atoms with Crippen molar-refractivity contribution >= 4 is 41.0 Å². The van der Waals surface area contributed by atoms with Crippen molar-refractivity contribution in [3.63, 3.8) is 0 Å². The van der Waals surface area contributed by atoms with Crippen LogP contribution in [-0.2, 0) is 9.59 Å². The minimum absolute atomic E-state index is 0.0751. The summed E-state index contributed by atoms with van der Waals surface area (Å²) >= 11 is 0. The molecule has 1 aromatic carbocycles. The molecule has 12 nitrogen and oxygen atoms in total. The summed E-state index contributed by atoms with van der Waals surface area (Å²) in [5.74, 6) is -1.86. The zero-order valence-electron chi connectivity index (χ0n) is 19.4. The van der Waals surface area contributed by atoms with Gasteiger partial charge < -0.3 is 16.0 Å². The highest BCUT2D eigenvalue weighted by Gasteiger charge is 2.45. The minimum atomic E-state index is -0.998. The highest BCUT2D eigenvalue weighted by atomic mass is 16.2. The normalized spacial score (nSPS) is 20.4. The number of imide groups is 2. The molecule has 2 fully saturated rings. The molecule has 186 valence electrons. The number of nitrogens with zero attached hydrogens (tertiary/aromatic N) is 4. The Balaban J connectivity index is 1.22. The summed E-state index contributed by atoms with van der Waals surface area (Å²) in [6.07, 6.45) is 1.66. The summed E-state index contributed by atoms with van der Waals surface area (Å²) < 4.78 is 0. The van der Waals surface area contributed by atoms with Crippen LogP contribution in [0.15, 0.2) is 36.5 Å². The first-order valence-corrected chi connectivity index (χ1v) is 11.6. The van der Waals surface area contributed by atoms with Crippen LogP contribution in [0.5, 0.6) is 0 Å². The van der Waals surface area contributed by atoms with Gasteiger partial charge in [-0.25, -0.2) is 4.98 Å². The Labute approximate surface area is 206 Å². The average Bonchev–Trinajstić information content (AvgIpc) is 3.13. The molecule has 2 saturated heterocycles. The standard InChI is InChI=1S/C24H25N7O5/c25-21(33)14-4-6-18(26-12-14)30-10-8-29(9-11-30)13-27-16-3-1-2-15-20(16)24(36)31(23(15)35)17-5-7-19(32)28-22(17)34/h1-4,6,12,17,27H,5,7-11,13H2,(H2,25,33)(H,28,32,34). The van der Waals surface area contributed by atoms with Crippen LogP contribution < -0.4 is 21.3 Å². The van der Waals surface area contributed by atoms with Crippen LogP contribution in [-0.4, -0.2) is 83.2 Å². The lowest BCUT2D eigenvalue weighted by Gasteiger charge is -2.35. The molecule has 0 bridgehead atoms. The second-order valence-corrected chi connectivity index (χ2v) is 8.88. The fourth-order valence-corrected chi connectivity index (χ4v) is 4.71. The molecule has 1 atom stereocenters. The van der Waals surface area contributed by atoms with Crippen molar-refractivity contribution < 1.29 is 24.0 Å². The lowest BCUT2D eigenvalue weighted by molar-refractivity contribution is -0.136. The number of carbonyl (C=O) groups excluding carboxylic acids is 5. The summed E-state index contributed by atoms with van der Waals surface area (Å²) in [6.45, 7) is 3.36. The molecular weight excluding hydrogens is 466 g/mol. The Bertz CT molecular complexity index is 1250. The first kappa shape index (κ1) is 23.4. The second-order valence-electron chi connectivity index (χ2n) is 8.88. The molecule has 3 aliphatic rings. The van der Waals surface area contributed by atoms with Gasteiger partial charge in [-0.1, -0.05) is 6.07 Å². The number of fused-ring (bicyclic) bond motifs is 1. The number of piperazine rings is 1. The summed E-state index contributed by atoms with van der Waals surface area (Å²) in [7, 11) is 0. The number of nitrogens with one attached hydrogen (secondary N) is 2. The van der Waals surface area contributed by atoms with Gasteiger partial charge in [-0.05, 0) is 30.7 Å². The summed E-state index contributed by atoms with van der Waals surface area (Å²) in [5, 5.41) is 5.47. The van der Waals surface area contributed by atoms with E-state index in [-0.39, 0.29) is 24.0 Å². The lowest BCUT2D eigenvalue weighted by Crippen LogP contribution is -2.54. The Morgan fingerprint density at radius 2 is 1.83 bits per heavy atom. The number of piperidine rings is 1. The lowest BCUT2D eigenvalue weighted by atomic mass is 10.0. The second kappa shape index (κ2) is 9.38. The number of aromatic nitrogens is 1. The predicted molar refractivity (Wildman–Crippen MR) is 128 cm³/mol. The van der Waals surface area contributed by atoms with E-state index in [1.807, 2.05) is 0 Å². The zero-order chi connectivity index (χ0) is 25.4. The molecule has 36 heavy (non-hydrogen) atoms. The molecule has 0 spiro atoms. The van der Waals surface area contributed by atoms with Gasteiger partial charge in [0, 0.05) is 44.5 Å². The number of hydrogen-bond acceptors (Lipinski definition) is 9. The Morgan fingerprint density at radius 1 is 1.06 bits per heavy atom. The quantitative estimate of drug-likeness (QED) is 0.464. The number of benzene rings is 1. The van der Waals surface area contributed by atoms with Gasteiger partial charge in [0.1, 0.15) is 11.9 Å². The topological polar surface area (TPSA) is 158 Å². The fraction of sp³-hybridized carbons (Fsp3) is 0.333. The third-order valence-corrected chi connectivity index (χ3v) is 6.69. The number of nitrogens with two attached hydrogens (primary N) is 1. The van der Waals surface area contributed by atoms with Crippen molar-refractivity contribution in [3.05, 3.63) is 53.2 Å². The summed E-state index contributed by atoms with van der Waals surface area (Å²) in [4.78, 5) is 70.8. The van der Waals surface area contributed by atoms with Gasteiger partial charge in [0.2, 0.25) is 17.7 Å². The molecular formula is C24H25N7O5. The van der Waals surface area contributed by atoms with E-state index >= 15 is 0 Å². The van der Waals surface area contributed by atoms with Crippen LogP contribution in [0.25, 0.3) is 0 Å². The van der Waals surface area contributed by atoms with Gasteiger partial charge in [-0.2, -0.15) is 0 Å². The first-order valence-electron chi connectivity index (χ1n) is 11.6. The number of primary amides is 1. The molecule has 2 aromatic rings. The highest BCUT2D eigenvalue weighted by Crippen LogP contribution is 2.32. The average molecular weight is 492 g/mol. The van der Waals surface area contributed by atoms with Crippen LogP contribution in [0, 0.1) is 0 Å². The van der Waals surface area contributed by atoms with E-state index < -0.39 is 35.6 Å². The predicted octanol–water partition coefficient (Wildman–Crippen LogP) is -0.227. The van der Waals surface area contributed by atoms with E-state index in [0.717, 1.165) is 36.9 Å². The number of rotatable bonds is 6. The smallest absolute Gasteiger partial charge is 0.264 e. The van der Waals surface area contributed by atoms with E-state index in [1.165, 1.54) is 6.20 Å². The van der Waals surface area contributed by atoms with Crippen LogP contribution in [0.1, 0.15) is 43.9 Å². The van der Waals surface area contributed by atoms with Crippen molar-refractivity contribution in [3.8, 4) is 0 Å². The SMILES string of the molecule is NC(=O)c1ccc(N2CCN(CNc3cccc4c3C(=O)N(C3CCC(=O)NC3=O)C4=O)CC2)nc1. The molecule has 4 heterocycles. The largest absolute Gasteiger partial charge is 0.372 e. The third-order valence-electron chi connectivity index (χ3n) is 6.69. The number of carbonyl (C=O) groups is 5. The van der Waals surface area contributed by atoms with E-state index in [0.29, 0.717) is 17.9 Å².